The van der Waals surface area contributed by atoms with Gasteiger partial charge in [-0.25, -0.2) is 0 Å². The Morgan fingerprint density at radius 1 is 1.55 bits per heavy atom. The van der Waals surface area contributed by atoms with Crippen molar-refractivity contribution in [3.8, 4) is 0 Å². The lowest BCUT2D eigenvalue weighted by Gasteiger charge is -2.09. The van der Waals surface area contributed by atoms with Gasteiger partial charge in [0.1, 0.15) is 0 Å². The summed E-state index contributed by atoms with van der Waals surface area (Å²) in [6, 6.07) is 4.27. The summed E-state index contributed by atoms with van der Waals surface area (Å²) in [7, 11) is -0.199. The van der Waals surface area contributed by atoms with Crippen molar-refractivity contribution in [1.82, 2.24) is 0 Å². The molecule has 0 heterocycles. The van der Waals surface area contributed by atoms with Gasteiger partial charge in [0.15, 0.2) is 0 Å². The van der Waals surface area contributed by atoms with Gasteiger partial charge < -0.3 is 4.74 Å². The van der Waals surface area contributed by atoms with Gasteiger partial charge >= 0.3 is 5.97 Å². The normalized spacial score (nSPS) is 13.6. The molecule has 0 saturated heterocycles. The quantitative estimate of drug-likeness (QED) is 0.456. The summed E-state index contributed by atoms with van der Waals surface area (Å²) in [5.74, 6) is -1.01. The predicted molar refractivity (Wildman–Crippen MR) is 76.0 cm³/mol. The van der Waals surface area contributed by atoms with E-state index in [1.54, 1.807) is 6.92 Å². The number of benzene rings is 1. The molecule has 0 bridgehead atoms. The van der Waals surface area contributed by atoms with Crippen LogP contribution in [0.25, 0.3) is 0 Å². The highest BCUT2D eigenvalue weighted by molar-refractivity contribution is 7.84. The predicted octanol–water partition coefficient (Wildman–Crippen LogP) is 2.31. The number of nitro benzene ring substituents is 1. The second-order valence-corrected chi connectivity index (χ2v) is 6.08. The van der Waals surface area contributed by atoms with Crippen LogP contribution in [0, 0.1) is 16.0 Å². The Kier molecular flexibility index (Phi) is 6.09. The second-order valence-electron chi connectivity index (χ2n) is 4.17. The highest BCUT2D eigenvalue weighted by atomic mass is 35.5. The van der Waals surface area contributed by atoms with Crippen LogP contribution >= 0.6 is 11.6 Å². The maximum Gasteiger partial charge on any atom is 0.309 e. The topological polar surface area (TPSA) is 86.5 Å². The average Bonchev–Trinajstić information content (AvgIpc) is 2.39. The van der Waals surface area contributed by atoms with Crippen molar-refractivity contribution in [2.75, 3.05) is 12.9 Å². The minimum atomic E-state index is -1.45. The fourth-order valence-electron chi connectivity index (χ4n) is 1.63. The molecule has 20 heavy (non-hydrogen) atoms. The number of hydrogen-bond acceptors (Lipinski definition) is 5. The first-order chi connectivity index (χ1) is 9.36. The molecular formula is C12H14ClNO5S. The van der Waals surface area contributed by atoms with Crippen LogP contribution in [0.4, 0.5) is 5.69 Å². The van der Waals surface area contributed by atoms with E-state index >= 15 is 0 Å². The molecule has 0 aliphatic heterocycles. The molecule has 110 valence electrons. The van der Waals surface area contributed by atoms with Crippen LogP contribution in [0.3, 0.4) is 0 Å². The summed E-state index contributed by atoms with van der Waals surface area (Å²) in [6.45, 7) is 1.59. The van der Waals surface area contributed by atoms with Gasteiger partial charge in [-0.3, -0.25) is 19.1 Å². The minimum Gasteiger partial charge on any atom is -0.469 e. The Labute approximate surface area is 123 Å². The van der Waals surface area contributed by atoms with Gasteiger partial charge in [-0.2, -0.15) is 0 Å². The summed E-state index contributed by atoms with van der Waals surface area (Å²) in [5, 5.41) is 11.1. The molecule has 0 spiro atoms. The van der Waals surface area contributed by atoms with Crippen molar-refractivity contribution in [2.24, 2.45) is 5.92 Å². The van der Waals surface area contributed by atoms with E-state index < -0.39 is 27.6 Å². The maximum absolute atomic E-state index is 12.0. The zero-order valence-electron chi connectivity index (χ0n) is 11.0. The monoisotopic (exact) mass is 319 g/mol. The molecule has 0 N–H and O–H groups in total. The molecule has 0 aromatic heterocycles. The van der Waals surface area contributed by atoms with E-state index in [1.165, 1.54) is 25.3 Å². The van der Waals surface area contributed by atoms with Crippen molar-refractivity contribution >= 4 is 34.1 Å². The van der Waals surface area contributed by atoms with Crippen molar-refractivity contribution in [1.29, 1.82) is 0 Å². The molecular weight excluding hydrogens is 306 g/mol. The third-order valence-corrected chi connectivity index (χ3v) is 4.47. The Hall–Kier alpha value is -1.47. The lowest BCUT2D eigenvalue weighted by Crippen LogP contribution is -2.20. The zero-order valence-corrected chi connectivity index (χ0v) is 12.6. The highest BCUT2D eigenvalue weighted by Crippen LogP contribution is 2.27. The van der Waals surface area contributed by atoms with Crippen LogP contribution in [0.2, 0.25) is 5.02 Å². The van der Waals surface area contributed by atoms with Gasteiger partial charge in [0.2, 0.25) is 0 Å². The molecule has 0 amide bonds. The fourth-order valence-corrected chi connectivity index (χ4v) is 3.38. The molecule has 0 aliphatic rings. The average molecular weight is 320 g/mol. The number of rotatable bonds is 6. The van der Waals surface area contributed by atoms with Gasteiger partial charge in [-0.1, -0.05) is 24.6 Å². The van der Waals surface area contributed by atoms with Crippen LogP contribution in [-0.4, -0.2) is 28.0 Å². The number of hydrogen-bond donors (Lipinski definition) is 0. The number of carbonyl (C=O) groups is 1. The van der Waals surface area contributed by atoms with Crippen LogP contribution in [0.15, 0.2) is 18.2 Å². The molecule has 0 fully saturated rings. The number of halogens is 1. The molecule has 8 heteroatoms. The van der Waals surface area contributed by atoms with Crippen LogP contribution in [-0.2, 0) is 26.1 Å². The lowest BCUT2D eigenvalue weighted by molar-refractivity contribution is -0.385. The summed E-state index contributed by atoms with van der Waals surface area (Å²) in [4.78, 5) is 21.6. The number of esters is 1. The largest absolute Gasteiger partial charge is 0.469 e. The summed E-state index contributed by atoms with van der Waals surface area (Å²) >= 11 is 5.91. The SMILES string of the molecule is COC(=O)C(C)CS(=O)Cc1c(Cl)cccc1[N+](=O)[O-]. The van der Waals surface area contributed by atoms with Gasteiger partial charge in [-0.05, 0) is 6.07 Å². The fraction of sp³-hybridized carbons (Fsp3) is 0.417. The van der Waals surface area contributed by atoms with Gasteiger partial charge in [0.05, 0.1) is 34.3 Å². The first-order valence-corrected chi connectivity index (χ1v) is 7.58. The van der Waals surface area contributed by atoms with Gasteiger partial charge in [0.25, 0.3) is 5.69 Å². The second kappa shape index (κ2) is 7.35. The van der Waals surface area contributed by atoms with E-state index in [2.05, 4.69) is 4.74 Å². The number of nitrogens with zero attached hydrogens (tertiary/aromatic N) is 1. The molecule has 2 unspecified atom stereocenters. The summed E-state index contributed by atoms with van der Waals surface area (Å²) in [6.07, 6.45) is 0. The van der Waals surface area contributed by atoms with Gasteiger partial charge in [0, 0.05) is 22.6 Å². The van der Waals surface area contributed by atoms with E-state index in [0.29, 0.717) is 0 Å². The molecule has 0 aliphatic carbocycles. The van der Waals surface area contributed by atoms with E-state index in [-0.39, 0.29) is 27.8 Å². The van der Waals surface area contributed by atoms with Crippen molar-refractivity contribution in [3.05, 3.63) is 38.9 Å². The van der Waals surface area contributed by atoms with Crippen molar-refractivity contribution in [2.45, 2.75) is 12.7 Å². The third kappa shape index (κ3) is 4.28. The Morgan fingerprint density at radius 3 is 2.75 bits per heavy atom. The maximum atomic E-state index is 12.0. The number of carbonyl (C=O) groups excluding carboxylic acids is 1. The molecule has 1 aromatic carbocycles. The summed E-state index contributed by atoms with van der Waals surface area (Å²) in [5.41, 5.74) is 0.0473. The Morgan fingerprint density at radius 2 is 2.20 bits per heavy atom. The van der Waals surface area contributed by atoms with E-state index in [1.807, 2.05) is 0 Å². The van der Waals surface area contributed by atoms with E-state index in [4.69, 9.17) is 11.6 Å². The standard InChI is InChI=1S/C12H14ClNO5S/c1-8(12(15)19-2)6-20(18)7-9-10(13)4-3-5-11(9)14(16)17/h3-5,8H,6-7H2,1-2H3. The Bertz CT molecular complexity index is 549. The molecule has 0 saturated carbocycles. The van der Waals surface area contributed by atoms with Crippen LogP contribution in [0.1, 0.15) is 12.5 Å². The third-order valence-electron chi connectivity index (χ3n) is 2.64. The molecule has 2 atom stereocenters. The number of methoxy groups -OCH3 is 1. The minimum absolute atomic E-state index is 0.0645. The summed E-state index contributed by atoms with van der Waals surface area (Å²) < 4.78 is 16.5. The molecule has 0 radical (unpaired) electrons. The first-order valence-electron chi connectivity index (χ1n) is 5.71. The molecule has 1 aromatic rings. The van der Waals surface area contributed by atoms with Crippen LogP contribution in [0.5, 0.6) is 0 Å². The van der Waals surface area contributed by atoms with Gasteiger partial charge in [-0.15, -0.1) is 0 Å². The van der Waals surface area contributed by atoms with E-state index in [0.717, 1.165) is 0 Å². The smallest absolute Gasteiger partial charge is 0.309 e. The zero-order chi connectivity index (χ0) is 15.3. The first kappa shape index (κ1) is 16.6. The molecule has 1 rings (SSSR count). The van der Waals surface area contributed by atoms with Crippen molar-refractivity contribution < 1.29 is 18.7 Å². The lowest BCUT2D eigenvalue weighted by atomic mass is 10.2. The number of nitro groups is 1. The Balaban J connectivity index is 2.86. The highest BCUT2D eigenvalue weighted by Gasteiger charge is 2.22. The van der Waals surface area contributed by atoms with Crippen molar-refractivity contribution in [3.63, 3.8) is 0 Å². The molecule has 6 nitrogen and oxygen atoms in total. The van der Waals surface area contributed by atoms with E-state index in [9.17, 15) is 19.1 Å². The number of ether oxygens (including phenoxy) is 1. The van der Waals surface area contributed by atoms with Crippen LogP contribution < -0.4 is 0 Å².